The standard InChI is InChI=1S/C13H16N2O/c1-3-4-5-7-11-10-8-6-9-14-12(10)15(2)13(11)16/h6-9H,3-5H2,1-2H3. The summed E-state index contributed by atoms with van der Waals surface area (Å²) in [5, 5.41) is 0. The number of hydrogen-bond acceptors (Lipinski definition) is 2. The van der Waals surface area contributed by atoms with Crippen molar-refractivity contribution in [2.24, 2.45) is 0 Å². The molecule has 3 heteroatoms. The lowest BCUT2D eigenvalue weighted by Gasteiger charge is -2.06. The van der Waals surface area contributed by atoms with Crippen LogP contribution >= 0.6 is 0 Å². The van der Waals surface area contributed by atoms with E-state index < -0.39 is 0 Å². The van der Waals surface area contributed by atoms with Crippen molar-refractivity contribution in [3.8, 4) is 0 Å². The summed E-state index contributed by atoms with van der Waals surface area (Å²) >= 11 is 0. The number of anilines is 1. The number of hydrogen-bond donors (Lipinski definition) is 0. The van der Waals surface area contributed by atoms with Crippen molar-refractivity contribution >= 4 is 17.3 Å². The fourth-order valence-electron chi connectivity index (χ4n) is 1.91. The van der Waals surface area contributed by atoms with E-state index in [1.165, 1.54) is 0 Å². The Hall–Kier alpha value is -1.64. The topological polar surface area (TPSA) is 33.2 Å². The number of unbranched alkanes of at least 4 members (excludes halogenated alkanes) is 2. The first-order valence-electron chi connectivity index (χ1n) is 5.69. The van der Waals surface area contributed by atoms with Gasteiger partial charge in [0.05, 0.1) is 0 Å². The first kappa shape index (κ1) is 10.9. The molecule has 1 aromatic rings. The van der Waals surface area contributed by atoms with Crippen molar-refractivity contribution in [1.29, 1.82) is 0 Å². The zero-order chi connectivity index (χ0) is 11.5. The van der Waals surface area contributed by atoms with Crippen LogP contribution in [0.3, 0.4) is 0 Å². The van der Waals surface area contributed by atoms with Crippen molar-refractivity contribution < 1.29 is 4.79 Å². The molecular weight excluding hydrogens is 200 g/mol. The van der Waals surface area contributed by atoms with E-state index >= 15 is 0 Å². The van der Waals surface area contributed by atoms with E-state index in [2.05, 4.69) is 11.9 Å². The van der Waals surface area contributed by atoms with Crippen LogP contribution in [-0.4, -0.2) is 17.9 Å². The van der Waals surface area contributed by atoms with Crippen LogP contribution in [0.25, 0.3) is 5.57 Å². The van der Waals surface area contributed by atoms with Crippen LogP contribution in [-0.2, 0) is 4.79 Å². The number of carbonyl (C=O) groups is 1. The first-order valence-corrected chi connectivity index (χ1v) is 5.69. The number of amides is 1. The summed E-state index contributed by atoms with van der Waals surface area (Å²) in [5.74, 6) is 0.833. The Morgan fingerprint density at radius 2 is 2.31 bits per heavy atom. The van der Waals surface area contributed by atoms with Gasteiger partial charge in [-0.2, -0.15) is 0 Å². The molecule has 2 rings (SSSR count). The number of aromatic nitrogens is 1. The van der Waals surface area contributed by atoms with E-state index in [-0.39, 0.29) is 5.91 Å². The van der Waals surface area contributed by atoms with Gasteiger partial charge >= 0.3 is 0 Å². The second kappa shape index (κ2) is 4.47. The molecule has 0 atom stereocenters. The molecule has 84 valence electrons. The summed E-state index contributed by atoms with van der Waals surface area (Å²) in [6.45, 7) is 2.15. The molecule has 0 fully saturated rings. The monoisotopic (exact) mass is 216 g/mol. The second-order valence-corrected chi connectivity index (χ2v) is 4.00. The smallest absolute Gasteiger partial charge is 0.259 e. The number of nitrogens with zero attached hydrogens (tertiary/aromatic N) is 2. The van der Waals surface area contributed by atoms with E-state index in [9.17, 15) is 4.79 Å². The van der Waals surface area contributed by atoms with Gasteiger partial charge in [-0.15, -0.1) is 0 Å². The van der Waals surface area contributed by atoms with Crippen LogP contribution in [0.15, 0.2) is 24.4 Å². The third kappa shape index (κ3) is 1.73. The number of allylic oxidation sites excluding steroid dienone is 1. The quantitative estimate of drug-likeness (QED) is 0.575. The molecule has 2 heterocycles. The summed E-state index contributed by atoms with van der Waals surface area (Å²) in [7, 11) is 1.77. The number of fused-ring (bicyclic) bond motifs is 1. The van der Waals surface area contributed by atoms with Gasteiger partial charge in [0.1, 0.15) is 5.82 Å². The van der Waals surface area contributed by atoms with E-state index in [4.69, 9.17) is 0 Å². The fraction of sp³-hybridized carbons (Fsp3) is 0.385. The van der Waals surface area contributed by atoms with Crippen molar-refractivity contribution in [3.63, 3.8) is 0 Å². The van der Waals surface area contributed by atoms with Gasteiger partial charge in [-0.25, -0.2) is 4.98 Å². The average Bonchev–Trinajstić information content (AvgIpc) is 2.55. The summed E-state index contributed by atoms with van der Waals surface area (Å²) < 4.78 is 0. The van der Waals surface area contributed by atoms with Crippen LogP contribution in [0.4, 0.5) is 5.82 Å². The maximum Gasteiger partial charge on any atom is 0.259 e. The van der Waals surface area contributed by atoms with Crippen LogP contribution < -0.4 is 4.90 Å². The van der Waals surface area contributed by atoms with E-state index in [1.54, 1.807) is 18.1 Å². The third-order valence-electron chi connectivity index (χ3n) is 2.84. The highest BCUT2D eigenvalue weighted by Gasteiger charge is 2.29. The Morgan fingerprint density at radius 3 is 3.06 bits per heavy atom. The molecule has 0 spiro atoms. The van der Waals surface area contributed by atoms with Gasteiger partial charge in [0, 0.05) is 24.4 Å². The van der Waals surface area contributed by atoms with Crippen molar-refractivity contribution in [3.05, 3.63) is 30.0 Å². The molecule has 0 aromatic carbocycles. The molecular formula is C13H16N2O. The minimum atomic E-state index is 0.0600. The highest BCUT2D eigenvalue weighted by Crippen LogP contribution is 2.33. The third-order valence-corrected chi connectivity index (χ3v) is 2.84. The lowest BCUT2D eigenvalue weighted by Crippen LogP contribution is -2.20. The molecule has 1 amide bonds. The molecule has 0 saturated carbocycles. The Balaban J connectivity index is 2.34. The number of pyridine rings is 1. The minimum absolute atomic E-state index is 0.0600. The maximum absolute atomic E-state index is 12.0. The number of rotatable bonds is 3. The molecule has 0 N–H and O–H groups in total. The normalized spacial score (nSPS) is 17.0. The van der Waals surface area contributed by atoms with Gasteiger partial charge < -0.3 is 0 Å². The highest BCUT2D eigenvalue weighted by atomic mass is 16.2. The number of likely N-dealkylation sites (N-methyl/N-ethyl adjacent to an activating group) is 1. The first-order chi connectivity index (χ1) is 7.75. The molecule has 1 aliphatic heterocycles. The Labute approximate surface area is 95.8 Å². The van der Waals surface area contributed by atoms with Crippen LogP contribution in [0, 0.1) is 0 Å². The average molecular weight is 216 g/mol. The zero-order valence-electron chi connectivity index (χ0n) is 9.73. The molecule has 1 aromatic heterocycles. The van der Waals surface area contributed by atoms with Gasteiger partial charge in [-0.05, 0) is 18.6 Å². The molecule has 0 aliphatic carbocycles. The predicted molar refractivity (Wildman–Crippen MR) is 65.1 cm³/mol. The molecule has 0 unspecified atom stereocenters. The molecule has 1 aliphatic rings. The minimum Gasteiger partial charge on any atom is -0.295 e. The lowest BCUT2D eigenvalue weighted by molar-refractivity contribution is -0.112. The zero-order valence-corrected chi connectivity index (χ0v) is 9.73. The van der Waals surface area contributed by atoms with Crippen LogP contribution in [0.2, 0.25) is 0 Å². The van der Waals surface area contributed by atoms with Gasteiger partial charge in [0.25, 0.3) is 5.91 Å². The Bertz CT molecular complexity index is 437. The van der Waals surface area contributed by atoms with Gasteiger partial charge in [-0.1, -0.05) is 25.8 Å². The SMILES string of the molecule is CCCCC=C1C(=O)N(C)c2ncccc21. The molecule has 3 nitrogen and oxygen atoms in total. The van der Waals surface area contributed by atoms with E-state index in [1.807, 2.05) is 18.2 Å². The summed E-state index contributed by atoms with van der Waals surface area (Å²) in [5.41, 5.74) is 1.77. The number of carbonyl (C=O) groups excluding carboxylic acids is 1. The highest BCUT2D eigenvalue weighted by molar-refractivity contribution is 6.31. The van der Waals surface area contributed by atoms with E-state index in [0.29, 0.717) is 0 Å². The largest absolute Gasteiger partial charge is 0.295 e. The maximum atomic E-state index is 12.0. The van der Waals surface area contributed by atoms with Gasteiger partial charge in [-0.3, -0.25) is 9.69 Å². The van der Waals surface area contributed by atoms with Crippen LogP contribution in [0.5, 0.6) is 0 Å². The second-order valence-electron chi connectivity index (χ2n) is 4.00. The summed E-state index contributed by atoms with van der Waals surface area (Å²) in [6.07, 6.45) is 6.98. The molecule has 16 heavy (non-hydrogen) atoms. The van der Waals surface area contributed by atoms with Crippen molar-refractivity contribution in [1.82, 2.24) is 4.98 Å². The molecule has 0 saturated heterocycles. The molecule has 0 bridgehead atoms. The van der Waals surface area contributed by atoms with Gasteiger partial charge in [0.15, 0.2) is 0 Å². The predicted octanol–water partition coefficient (Wildman–Crippen LogP) is 2.63. The summed E-state index contributed by atoms with van der Waals surface area (Å²) in [4.78, 5) is 17.8. The fourth-order valence-corrected chi connectivity index (χ4v) is 1.91. The molecule has 0 radical (unpaired) electrons. The summed E-state index contributed by atoms with van der Waals surface area (Å²) in [6, 6.07) is 3.83. The Kier molecular flexibility index (Phi) is 3.04. The van der Waals surface area contributed by atoms with Crippen molar-refractivity contribution in [2.75, 3.05) is 11.9 Å². The van der Waals surface area contributed by atoms with Gasteiger partial charge in [0.2, 0.25) is 0 Å². The van der Waals surface area contributed by atoms with Crippen LogP contribution in [0.1, 0.15) is 31.7 Å². The lowest BCUT2D eigenvalue weighted by atomic mass is 10.1. The Morgan fingerprint density at radius 1 is 1.50 bits per heavy atom. The van der Waals surface area contributed by atoms with Crippen molar-refractivity contribution in [2.45, 2.75) is 26.2 Å². The van der Waals surface area contributed by atoms with E-state index in [0.717, 1.165) is 36.2 Å².